The molecular formula is C21H14ClF3N2O3. The predicted molar refractivity (Wildman–Crippen MR) is 110 cm³/mol. The molecule has 0 atom stereocenters. The Kier molecular flexibility index (Phi) is 4.95. The van der Waals surface area contributed by atoms with Gasteiger partial charge in [0, 0.05) is 22.8 Å². The van der Waals surface area contributed by atoms with E-state index in [9.17, 15) is 18.0 Å². The van der Waals surface area contributed by atoms with E-state index in [2.05, 4.69) is 15.0 Å². The number of anilines is 2. The SMILES string of the molecule is COc1cc(Cl)c2c(=O)c3ccc(Nc4ccc(OC(F)(F)F)cc4)cc3[nH]c2c1. The summed E-state index contributed by atoms with van der Waals surface area (Å²) in [5.74, 6) is 0.200. The van der Waals surface area contributed by atoms with Crippen molar-refractivity contribution in [2.45, 2.75) is 6.36 Å². The first-order valence-corrected chi connectivity index (χ1v) is 9.07. The summed E-state index contributed by atoms with van der Waals surface area (Å²) >= 11 is 6.25. The summed E-state index contributed by atoms with van der Waals surface area (Å²) < 4.78 is 45.9. The number of halogens is 4. The van der Waals surface area contributed by atoms with Gasteiger partial charge in [0.15, 0.2) is 5.43 Å². The molecule has 3 aromatic carbocycles. The molecule has 154 valence electrons. The van der Waals surface area contributed by atoms with Gasteiger partial charge in [-0.1, -0.05) is 11.6 Å². The quantitative estimate of drug-likeness (QED) is 0.387. The molecule has 4 aromatic rings. The highest BCUT2D eigenvalue weighted by molar-refractivity contribution is 6.35. The average Bonchev–Trinajstić information content (AvgIpc) is 2.68. The van der Waals surface area contributed by atoms with Gasteiger partial charge in [0.1, 0.15) is 11.5 Å². The van der Waals surface area contributed by atoms with Gasteiger partial charge in [0.25, 0.3) is 0 Å². The summed E-state index contributed by atoms with van der Waals surface area (Å²) in [5.41, 5.74) is 2.07. The number of H-pyrrole nitrogens is 1. The van der Waals surface area contributed by atoms with Crippen LogP contribution in [0, 0.1) is 0 Å². The molecule has 0 radical (unpaired) electrons. The van der Waals surface area contributed by atoms with Crippen LogP contribution in [0.4, 0.5) is 24.5 Å². The smallest absolute Gasteiger partial charge is 0.497 e. The number of aromatic nitrogens is 1. The number of methoxy groups -OCH3 is 1. The first-order chi connectivity index (χ1) is 14.2. The third kappa shape index (κ3) is 3.99. The summed E-state index contributed by atoms with van der Waals surface area (Å²) in [4.78, 5) is 16.0. The fourth-order valence-corrected chi connectivity index (χ4v) is 3.43. The van der Waals surface area contributed by atoms with Gasteiger partial charge < -0.3 is 19.8 Å². The molecule has 0 aliphatic carbocycles. The van der Waals surface area contributed by atoms with Gasteiger partial charge >= 0.3 is 6.36 Å². The van der Waals surface area contributed by atoms with E-state index < -0.39 is 6.36 Å². The number of aromatic amines is 1. The van der Waals surface area contributed by atoms with Crippen molar-refractivity contribution in [3.8, 4) is 11.5 Å². The third-order valence-corrected chi connectivity index (χ3v) is 4.73. The van der Waals surface area contributed by atoms with Crippen LogP contribution in [0.15, 0.2) is 59.4 Å². The molecule has 0 saturated carbocycles. The number of rotatable bonds is 4. The van der Waals surface area contributed by atoms with E-state index in [-0.39, 0.29) is 16.2 Å². The predicted octanol–water partition coefficient (Wildman–Crippen LogP) is 5.99. The summed E-state index contributed by atoms with van der Waals surface area (Å²) in [6, 6.07) is 13.7. The molecule has 0 spiro atoms. The molecule has 1 heterocycles. The molecule has 2 N–H and O–H groups in total. The van der Waals surface area contributed by atoms with E-state index in [1.807, 2.05) is 0 Å². The van der Waals surface area contributed by atoms with E-state index in [4.69, 9.17) is 16.3 Å². The van der Waals surface area contributed by atoms with Crippen LogP contribution in [0.2, 0.25) is 5.02 Å². The Bertz CT molecular complexity index is 1300. The highest BCUT2D eigenvalue weighted by atomic mass is 35.5. The van der Waals surface area contributed by atoms with Crippen molar-refractivity contribution in [1.29, 1.82) is 0 Å². The molecule has 0 saturated heterocycles. The second-order valence-corrected chi connectivity index (χ2v) is 6.85. The third-order valence-electron chi connectivity index (χ3n) is 4.44. The lowest BCUT2D eigenvalue weighted by Crippen LogP contribution is -2.16. The Labute approximate surface area is 173 Å². The highest BCUT2D eigenvalue weighted by Crippen LogP contribution is 2.29. The fraction of sp³-hybridized carbons (Fsp3) is 0.0952. The number of fused-ring (bicyclic) bond motifs is 2. The number of hydrogen-bond donors (Lipinski definition) is 2. The Balaban J connectivity index is 1.69. The molecule has 0 aliphatic rings. The Morgan fingerprint density at radius 2 is 1.63 bits per heavy atom. The van der Waals surface area contributed by atoms with E-state index in [1.54, 1.807) is 30.3 Å². The normalized spacial score (nSPS) is 11.6. The van der Waals surface area contributed by atoms with Crippen molar-refractivity contribution in [3.63, 3.8) is 0 Å². The summed E-state index contributed by atoms with van der Waals surface area (Å²) in [7, 11) is 1.50. The van der Waals surface area contributed by atoms with Crippen LogP contribution >= 0.6 is 11.6 Å². The number of alkyl halides is 3. The zero-order valence-corrected chi connectivity index (χ0v) is 16.2. The second kappa shape index (κ2) is 7.46. The molecule has 4 rings (SSSR count). The largest absolute Gasteiger partial charge is 0.573 e. The van der Waals surface area contributed by atoms with Crippen LogP contribution in [0.25, 0.3) is 21.8 Å². The van der Waals surface area contributed by atoms with Gasteiger partial charge in [0.2, 0.25) is 0 Å². The first-order valence-electron chi connectivity index (χ1n) is 8.69. The van der Waals surface area contributed by atoms with Gasteiger partial charge in [-0.3, -0.25) is 4.79 Å². The van der Waals surface area contributed by atoms with Crippen LogP contribution in [-0.2, 0) is 0 Å². The van der Waals surface area contributed by atoms with Crippen LogP contribution in [0.5, 0.6) is 11.5 Å². The zero-order valence-electron chi connectivity index (χ0n) is 15.4. The van der Waals surface area contributed by atoms with Crippen LogP contribution in [-0.4, -0.2) is 18.5 Å². The fourth-order valence-electron chi connectivity index (χ4n) is 3.14. The minimum absolute atomic E-state index is 0.216. The van der Waals surface area contributed by atoms with Crippen molar-refractivity contribution in [1.82, 2.24) is 4.98 Å². The number of ether oxygens (including phenoxy) is 2. The number of nitrogens with one attached hydrogen (secondary N) is 2. The Hall–Kier alpha value is -3.39. The number of hydrogen-bond acceptors (Lipinski definition) is 4. The topological polar surface area (TPSA) is 63.4 Å². The van der Waals surface area contributed by atoms with Crippen molar-refractivity contribution >= 4 is 44.8 Å². The number of benzene rings is 3. The van der Waals surface area contributed by atoms with Crippen molar-refractivity contribution in [2.24, 2.45) is 0 Å². The maximum atomic E-state index is 12.9. The van der Waals surface area contributed by atoms with Crippen molar-refractivity contribution < 1.29 is 22.6 Å². The van der Waals surface area contributed by atoms with Gasteiger partial charge in [0.05, 0.1) is 28.6 Å². The van der Waals surface area contributed by atoms with Crippen LogP contribution in [0.1, 0.15) is 0 Å². The van der Waals surface area contributed by atoms with Crippen LogP contribution in [0.3, 0.4) is 0 Å². The standard InChI is InChI=1S/C21H14ClF3N2O3/c1-29-14-9-16(22)19-18(10-14)27-17-8-12(4-7-15(17)20(19)28)26-11-2-5-13(6-3-11)30-21(23,24)25/h2-10,26H,1H3,(H,27,28). The molecule has 0 unspecified atom stereocenters. The maximum Gasteiger partial charge on any atom is 0.573 e. The lowest BCUT2D eigenvalue weighted by molar-refractivity contribution is -0.274. The molecule has 0 fully saturated rings. The highest BCUT2D eigenvalue weighted by Gasteiger charge is 2.30. The Morgan fingerprint density at radius 3 is 2.30 bits per heavy atom. The summed E-state index contributed by atoms with van der Waals surface area (Å²) in [5, 5.41) is 4.19. The lowest BCUT2D eigenvalue weighted by Gasteiger charge is -2.11. The zero-order chi connectivity index (χ0) is 21.5. The van der Waals surface area contributed by atoms with Gasteiger partial charge in [-0.25, -0.2) is 0 Å². The molecule has 1 aromatic heterocycles. The van der Waals surface area contributed by atoms with Crippen LogP contribution < -0.4 is 20.2 Å². The van der Waals surface area contributed by atoms with E-state index in [0.29, 0.717) is 38.9 Å². The van der Waals surface area contributed by atoms with Gasteiger partial charge in [-0.2, -0.15) is 0 Å². The maximum absolute atomic E-state index is 12.9. The molecule has 30 heavy (non-hydrogen) atoms. The van der Waals surface area contributed by atoms with Gasteiger partial charge in [-0.05, 0) is 48.5 Å². The molecule has 5 nitrogen and oxygen atoms in total. The molecule has 0 bridgehead atoms. The average molecular weight is 435 g/mol. The monoisotopic (exact) mass is 434 g/mol. The van der Waals surface area contributed by atoms with E-state index >= 15 is 0 Å². The Morgan fingerprint density at radius 1 is 0.933 bits per heavy atom. The first kappa shape index (κ1) is 19.9. The summed E-state index contributed by atoms with van der Waals surface area (Å²) in [6.07, 6.45) is -4.74. The summed E-state index contributed by atoms with van der Waals surface area (Å²) in [6.45, 7) is 0. The lowest BCUT2D eigenvalue weighted by atomic mass is 10.1. The van der Waals surface area contributed by atoms with Crippen molar-refractivity contribution in [2.75, 3.05) is 12.4 Å². The minimum atomic E-state index is -4.74. The van der Waals surface area contributed by atoms with E-state index in [0.717, 1.165) is 0 Å². The van der Waals surface area contributed by atoms with Gasteiger partial charge in [-0.15, -0.1) is 13.2 Å². The molecule has 0 amide bonds. The van der Waals surface area contributed by atoms with E-state index in [1.165, 1.54) is 31.4 Å². The minimum Gasteiger partial charge on any atom is -0.497 e. The number of pyridine rings is 1. The molecular weight excluding hydrogens is 421 g/mol. The molecule has 0 aliphatic heterocycles. The molecule has 9 heteroatoms. The van der Waals surface area contributed by atoms with Crippen molar-refractivity contribution in [3.05, 3.63) is 69.8 Å². The second-order valence-electron chi connectivity index (χ2n) is 6.44.